The first-order chi connectivity index (χ1) is 4.86. The van der Waals surface area contributed by atoms with Crippen LogP contribution in [0.15, 0.2) is 0 Å². The molecule has 0 N–H and O–H groups in total. The number of halogens is 1. The molecule has 1 saturated heterocycles. The van der Waals surface area contributed by atoms with Gasteiger partial charge in [-0.25, -0.2) is 0 Å². The molecular weight excluding hydrogens is 208 g/mol. The van der Waals surface area contributed by atoms with Crippen molar-refractivity contribution in [1.29, 1.82) is 0 Å². The van der Waals surface area contributed by atoms with Crippen LogP contribution in [-0.2, 0) is 0 Å². The Kier molecular flexibility index (Phi) is 4.15. The van der Waals surface area contributed by atoms with E-state index in [0.717, 1.165) is 11.2 Å². The minimum atomic E-state index is 0.955. The molecule has 0 radical (unpaired) electrons. The fourth-order valence-corrected chi connectivity index (χ4v) is 3.42. The Morgan fingerprint density at radius 2 is 2.40 bits per heavy atom. The van der Waals surface area contributed by atoms with Crippen molar-refractivity contribution in [3.8, 4) is 0 Å². The summed E-state index contributed by atoms with van der Waals surface area (Å²) in [4.78, 5) is 0. The first kappa shape index (κ1) is 8.92. The van der Waals surface area contributed by atoms with Crippen molar-refractivity contribution in [1.82, 2.24) is 0 Å². The van der Waals surface area contributed by atoms with Crippen molar-refractivity contribution in [3.63, 3.8) is 0 Å². The maximum atomic E-state index is 3.56. The third kappa shape index (κ3) is 2.46. The maximum Gasteiger partial charge on any atom is 0.00603 e. The zero-order valence-electron chi connectivity index (χ0n) is 6.48. The van der Waals surface area contributed by atoms with E-state index in [1.807, 2.05) is 0 Å². The fourth-order valence-electron chi connectivity index (χ4n) is 1.38. The molecule has 1 heterocycles. The summed E-state index contributed by atoms with van der Waals surface area (Å²) in [6.45, 7) is 2.30. The molecule has 0 amide bonds. The first-order valence-corrected chi connectivity index (χ1v) is 6.21. The predicted octanol–water partition coefficient (Wildman–Crippen LogP) is 3.30. The average Bonchev–Trinajstić information content (AvgIpc) is 2.05. The minimum absolute atomic E-state index is 0.955. The number of thioether (sulfide) groups is 1. The number of alkyl halides is 1. The lowest BCUT2D eigenvalue weighted by molar-refractivity contribution is 0.497. The van der Waals surface area contributed by atoms with Crippen LogP contribution in [0.5, 0.6) is 0 Å². The molecule has 0 spiro atoms. The molecule has 0 bridgehead atoms. The molecule has 1 rings (SSSR count). The minimum Gasteiger partial charge on any atom is -0.159 e. The number of hydrogen-bond donors (Lipinski definition) is 0. The second kappa shape index (κ2) is 4.66. The lowest BCUT2D eigenvalue weighted by atomic mass is 10.0. The highest BCUT2D eigenvalue weighted by Crippen LogP contribution is 2.32. The summed E-state index contributed by atoms with van der Waals surface area (Å²) in [6, 6.07) is 0. The van der Waals surface area contributed by atoms with Gasteiger partial charge in [0.25, 0.3) is 0 Å². The van der Waals surface area contributed by atoms with Gasteiger partial charge in [-0.05, 0) is 30.9 Å². The Bertz CT molecular complexity index is 85.3. The van der Waals surface area contributed by atoms with Gasteiger partial charge < -0.3 is 0 Å². The van der Waals surface area contributed by atoms with Crippen molar-refractivity contribution in [2.75, 3.05) is 11.1 Å². The van der Waals surface area contributed by atoms with E-state index in [1.54, 1.807) is 0 Å². The van der Waals surface area contributed by atoms with E-state index in [4.69, 9.17) is 0 Å². The molecular formula is C8H15BrS. The van der Waals surface area contributed by atoms with Crippen LogP contribution in [0.4, 0.5) is 0 Å². The topological polar surface area (TPSA) is 0 Å². The normalized spacial score (nSPS) is 34.2. The first-order valence-electron chi connectivity index (χ1n) is 4.04. The lowest BCUT2D eigenvalue weighted by Gasteiger charge is -2.26. The summed E-state index contributed by atoms with van der Waals surface area (Å²) in [5, 5.41) is 2.17. The molecule has 0 aliphatic carbocycles. The van der Waals surface area contributed by atoms with Crippen LogP contribution in [0.25, 0.3) is 0 Å². The lowest BCUT2D eigenvalue weighted by Crippen LogP contribution is -2.18. The highest BCUT2D eigenvalue weighted by Gasteiger charge is 2.19. The smallest absolute Gasteiger partial charge is 0.00603 e. The van der Waals surface area contributed by atoms with Crippen LogP contribution in [0.3, 0.4) is 0 Å². The predicted molar refractivity (Wildman–Crippen MR) is 53.1 cm³/mol. The Balaban J connectivity index is 2.25. The van der Waals surface area contributed by atoms with E-state index < -0.39 is 0 Å². The maximum absolute atomic E-state index is 3.56. The highest BCUT2D eigenvalue weighted by molar-refractivity contribution is 9.09. The van der Waals surface area contributed by atoms with Gasteiger partial charge in [-0.15, -0.1) is 0 Å². The van der Waals surface area contributed by atoms with E-state index in [2.05, 4.69) is 34.6 Å². The zero-order valence-corrected chi connectivity index (χ0v) is 8.88. The van der Waals surface area contributed by atoms with E-state index in [9.17, 15) is 0 Å². The van der Waals surface area contributed by atoms with Gasteiger partial charge in [0.05, 0.1) is 0 Å². The van der Waals surface area contributed by atoms with Gasteiger partial charge in [0.1, 0.15) is 0 Å². The summed E-state index contributed by atoms with van der Waals surface area (Å²) in [5.74, 6) is 2.35. The SMILES string of the molecule is CCC1CC(CBr)CCS1. The van der Waals surface area contributed by atoms with Crippen LogP contribution in [0.1, 0.15) is 26.2 Å². The van der Waals surface area contributed by atoms with Gasteiger partial charge in [0.15, 0.2) is 0 Å². The molecule has 10 heavy (non-hydrogen) atoms. The van der Waals surface area contributed by atoms with Crippen LogP contribution in [-0.4, -0.2) is 16.3 Å². The monoisotopic (exact) mass is 222 g/mol. The van der Waals surface area contributed by atoms with Gasteiger partial charge in [-0.1, -0.05) is 22.9 Å². The number of rotatable bonds is 2. The molecule has 0 saturated carbocycles. The fraction of sp³-hybridized carbons (Fsp3) is 1.00. The van der Waals surface area contributed by atoms with Gasteiger partial charge in [-0.2, -0.15) is 11.8 Å². The van der Waals surface area contributed by atoms with Crippen molar-refractivity contribution in [2.24, 2.45) is 5.92 Å². The molecule has 1 aliphatic heterocycles. The van der Waals surface area contributed by atoms with Gasteiger partial charge in [0.2, 0.25) is 0 Å². The van der Waals surface area contributed by atoms with Crippen LogP contribution in [0.2, 0.25) is 0 Å². The van der Waals surface area contributed by atoms with Gasteiger partial charge in [-0.3, -0.25) is 0 Å². The Labute approximate surface area is 76.3 Å². The van der Waals surface area contributed by atoms with Gasteiger partial charge in [0, 0.05) is 10.6 Å². The molecule has 1 aliphatic rings. The van der Waals surface area contributed by atoms with Crippen molar-refractivity contribution in [3.05, 3.63) is 0 Å². The third-order valence-corrected chi connectivity index (χ3v) is 4.53. The molecule has 0 aromatic rings. The Hall–Kier alpha value is 0.830. The van der Waals surface area contributed by atoms with E-state index >= 15 is 0 Å². The summed E-state index contributed by atoms with van der Waals surface area (Å²) in [7, 11) is 0. The summed E-state index contributed by atoms with van der Waals surface area (Å²) < 4.78 is 0. The molecule has 2 heteroatoms. The largest absolute Gasteiger partial charge is 0.159 e. The molecule has 2 atom stereocenters. The molecule has 0 aromatic heterocycles. The van der Waals surface area contributed by atoms with Crippen molar-refractivity contribution < 1.29 is 0 Å². The second-order valence-electron chi connectivity index (χ2n) is 2.95. The quantitative estimate of drug-likeness (QED) is 0.647. The molecule has 0 aromatic carbocycles. The molecule has 0 nitrogen and oxygen atoms in total. The van der Waals surface area contributed by atoms with Crippen LogP contribution >= 0.6 is 27.7 Å². The molecule has 2 unspecified atom stereocenters. The van der Waals surface area contributed by atoms with E-state index in [1.165, 1.54) is 30.3 Å². The van der Waals surface area contributed by atoms with Crippen LogP contribution < -0.4 is 0 Å². The van der Waals surface area contributed by atoms with Crippen molar-refractivity contribution >= 4 is 27.7 Å². The Morgan fingerprint density at radius 1 is 1.60 bits per heavy atom. The summed E-state index contributed by atoms with van der Waals surface area (Å²) in [6.07, 6.45) is 4.22. The average molecular weight is 223 g/mol. The molecule has 60 valence electrons. The molecule has 1 fully saturated rings. The van der Waals surface area contributed by atoms with E-state index in [0.29, 0.717) is 0 Å². The second-order valence-corrected chi connectivity index (χ2v) is 5.00. The zero-order chi connectivity index (χ0) is 7.40. The van der Waals surface area contributed by atoms with Crippen LogP contribution in [0, 0.1) is 5.92 Å². The Morgan fingerprint density at radius 3 is 3.00 bits per heavy atom. The standard InChI is InChI=1S/C8H15BrS/c1-2-8-5-7(6-9)3-4-10-8/h7-8H,2-6H2,1H3. The summed E-state index contributed by atoms with van der Waals surface area (Å²) in [5.41, 5.74) is 0. The summed E-state index contributed by atoms with van der Waals surface area (Å²) >= 11 is 5.72. The third-order valence-electron chi connectivity index (χ3n) is 2.15. The van der Waals surface area contributed by atoms with Crippen molar-refractivity contribution in [2.45, 2.75) is 31.4 Å². The van der Waals surface area contributed by atoms with E-state index in [-0.39, 0.29) is 0 Å². The number of hydrogen-bond acceptors (Lipinski definition) is 1. The highest BCUT2D eigenvalue weighted by atomic mass is 79.9. The van der Waals surface area contributed by atoms with Gasteiger partial charge >= 0.3 is 0 Å².